The third-order valence-electron chi connectivity index (χ3n) is 4.94. The second-order valence-corrected chi connectivity index (χ2v) is 7.50. The summed E-state index contributed by atoms with van der Waals surface area (Å²) < 4.78 is 2.14. The first kappa shape index (κ1) is 19.2. The predicted octanol–water partition coefficient (Wildman–Crippen LogP) is 5.27. The summed E-state index contributed by atoms with van der Waals surface area (Å²) in [7, 11) is 1.82. The lowest BCUT2D eigenvalue weighted by molar-refractivity contribution is -0.130. The number of fused-ring (bicyclic) bond motifs is 1. The van der Waals surface area contributed by atoms with E-state index in [1.807, 2.05) is 67.7 Å². The Bertz CT molecular complexity index is 1140. The molecule has 5 heteroatoms. The van der Waals surface area contributed by atoms with Gasteiger partial charge in [-0.3, -0.25) is 9.36 Å². The van der Waals surface area contributed by atoms with Crippen molar-refractivity contribution in [1.82, 2.24) is 14.5 Å². The molecule has 0 aliphatic carbocycles. The molecule has 0 radical (unpaired) electrons. The van der Waals surface area contributed by atoms with Gasteiger partial charge < -0.3 is 4.90 Å². The topological polar surface area (TPSA) is 38.1 Å². The van der Waals surface area contributed by atoms with Crippen LogP contribution >= 0.6 is 11.6 Å². The molecule has 4 aromatic rings. The standard InChI is InChI=1S/C24H22ClN3O/c1-27(17-18-8-7-9-19(25)16-18)24(29)15-14-23-26-21-12-5-6-13-22(21)28(23)20-10-3-2-4-11-20/h2-13,16H,14-15,17H2,1H3. The van der Waals surface area contributed by atoms with Crippen LogP contribution in [0.15, 0.2) is 78.9 Å². The normalized spacial score (nSPS) is 11.0. The second-order valence-electron chi connectivity index (χ2n) is 7.07. The number of rotatable bonds is 6. The molecule has 146 valence electrons. The third-order valence-corrected chi connectivity index (χ3v) is 5.18. The number of nitrogens with zero attached hydrogens (tertiary/aromatic N) is 3. The van der Waals surface area contributed by atoms with E-state index >= 15 is 0 Å². The molecule has 0 fully saturated rings. The Balaban J connectivity index is 1.53. The molecule has 0 unspecified atom stereocenters. The highest BCUT2D eigenvalue weighted by Gasteiger charge is 2.15. The maximum absolute atomic E-state index is 12.7. The lowest BCUT2D eigenvalue weighted by atomic mass is 10.2. The van der Waals surface area contributed by atoms with Crippen molar-refractivity contribution < 1.29 is 4.79 Å². The molecule has 0 aliphatic rings. The van der Waals surface area contributed by atoms with Crippen LogP contribution in [-0.2, 0) is 17.8 Å². The van der Waals surface area contributed by atoms with Crippen molar-refractivity contribution in [3.63, 3.8) is 0 Å². The van der Waals surface area contributed by atoms with Crippen LogP contribution in [0.4, 0.5) is 0 Å². The van der Waals surface area contributed by atoms with Gasteiger partial charge in [-0.25, -0.2) is 4.98 Å². The predicted molar refractivity (Wildman–Crippen MR) is 117 cm³/mol. The van der Waals surface area contributed by atoms with Crippen molar-refractivity contribution in [2.45, 2.75) is 19.4 Å². The summed E-state index contributed by atoms with van der Waals surface area (Å²) in [5.41, 5.74) is 4.06. The van der Waals surface area contributed by atoms with E-state index in [1.54, 1.807) is 4.90 Å². The smallest absolute Gasteiger partial charge is 0.223 e. The van der Waals surface area contributed by atoms with E-state index in [9.17, 15) is 4.79 Å². The molecule has 0 spiro atoms. The quantitative estimate of drug-likeness (QED) is 0.440. The van der Waals surface area contributed by atoms with Crippen molar-refractivity contribution in [2.24, 2.45) is 0 Å². The average Bonchev–Trinajstić information content (AvgIpc) is 3.11. The van der Waals surface area contributed by atoms with Crippen LogP contribution in [0.1, 0.15) is 17.8 Å². The number of carbonyl (C=O) groups is 1. The number of para-hydroxylation sites is 3. The number of amides is 1. The van der Waals surface area contributed by atoms with Crippen molar-refractivity contribution in [2.75, 3.05) is 7.05 Å². The van der Waals surface area contributed by atoms with Gasteiger partial charge in [-0.1, -0.05) is 54.1 Å². The molecule has 0 N–H and O–H groups in total. The Hall–Kier alpha value is -3.11. The zero-order valence-corrected chi connectivity index (χ0v) is 17.0. The Kier molecular flexibility index (Phi) is 5.63. The fraction of sp³-hybridized carbons (Fsp3) is 0.167. The van der Waals surface area contributed by atoms with Gasteiger partial charge in [-0.05, 0) is 42.0 Å². The molecular weight excluding hydrogens is 382 g/mol. The van der Waals surface area contributed by atoms with E-state index in [0.29, 0.717) is 24.4 Å². The molecule has 0 aliphatic heterocycles. The molecule has 3 aromatic carbocycles. The monoisotopic (exact) mass is 403 g/mol. The highest BCUT2D eigenvalue weighted by molar-refractivity contribution is 6.30. The fourth-order valence-corrected chi connectivity index (χ4v) is 3.73. The average molecular weight is 404 g/mol. The largest absolute Gasteiger partial charge is 0.341 e. The zero-order valence-electron chi connectivity index (χ0n) is 16.3. The molecule has 0 bridgehead atoms. The van der Waals surface area contributed by atoms with E-state index in [-0.39, 0.29) is 5.91 Å². The van der Waals surface area contributed by atoms with Gasteiger partial charge in [0.2, 0.25) is 5.91 Å². The molecule has 0 atom stereocenters. The number of hydrogen-bond acceptors (Lipinski definition) is 2. The van der Waals surface area contributed by atoms with E-state index in [2.05, 4.69) is 22.8 Å². The molecule has 4 rings (SSSR count). The van der Waals surface area contributed by atoms with Gasteiger partial charge in [-0.15, -0.1) is 0 Å². The summed E-state index contributed by atoms with van der Waals surface area (Å²) >= 11 is 6.05. The van der Waals surface area contributed by atoms with Gasteiger partial charge in [0.05, 0.1) is 11.0 Å². The van der Waals surface area contributed by atoms with Gasteiger partial charge in [-0.2, -0.15) is 0 Å². The van der Waals surface area contributed by atoms with E-state index < -0.39 is 0 Å². The van der Waals surface area contributed by atoms with Gasteiger partial charge in [0, 0.05) is 37.1 Å². The van der Waals surface area contributed by atoms with Gasteiger partial charge >= 0.3 is 0 Å². The highest BCUT2D eigenvalue weighted by Crippen LogP contribution is 2.22. The number of benzene rings is 3. The first-order chi connectivity index (χ1) is 14.1. The first-order valence-corrected chi connectivity index (χ1v) is 10.00. The SMILES string of the molecule is CN(Cc1cccc(Cl)c1)C(=O)CCc1nc2ccccc2n1-c1ccccc1. The third kappa shape index (κ3) is 4.33. The lowest BCUT2D eigenvalue weighted by Gasteiger charge is -2.17. The Morgan fingerprint density at radius 1 is 1.00 bits per heavy atom. The van der Waals surface area contributed by atoms with Crippen LogP contribution in [0.5, 0.6) is 0 Å². The molecule has 4 nitrogen and oxygen atoms in total. The van der Waals surface area contributed by atoms with Gasteiger partial charge in [0.15, 0.2) is 0 Å². The summed E-state index contributed by atoms with van der Waals surface area (Å²) in [6.07, 6.45) is 0.968. The molecule has 0 saturated heterocycles. The Morgan fingerprint density at radius 3 is 2.55 bits per heavy atom. The molecule has 0 saturated carbocycles. The van der Waals surface area contributed by atoms with Crippen molar-refractivity contribution in [3.8, 4) is 5.69 Å². The summed E-state index contributed by atoms with van der Waals surface area (Å²) in [5.74, 6) is 0.971. The number of aromatic nitrogens is 2. The molecule has 1 heterocycles. The zero-order chi connectivity index (χ0) is 20.2. The van der Waals surface area contributed by atoms with Crippen LogP contribution in [0.25, 0.3) is 16.7 Å². The fourth-order valence-electron chi connectivity index (χ4n) is 3.52. The van der Waals surface area contributed by atoms with Crippen LogP contribution in [0, 0.1) is 0 Å². The van der Waals surface area contributed by atoms with E-state index in [1.165, 1.54) is 0 Å². The summed E-state index contributed by atoms with van der Waals surface area (Å²) in [5, 5.41) is 0.680. The van der Waals surface area contributed by atoms with Gasteiger partial charge in [0.25, 0.3) is 0 Å². The summed E-state index contributed by atoms with van der Waals surface area (Å²) in [6.45, 7) is 0.536. The maximum Gasteiger partial charge on any atom is 0.223 e. The highest BCUT2D eigenvalue weighted by atomic mass is 35.5. The minimum Gasteiger partial charge on any atom is -0.341 e. The van der Waals surface area contributed by atoms with Crippen LogP contribution < -0.4 is 0 Å². The lowest BCUT2D eigenvalue weighted by Crippen LogP contribution is -2.26. The first-order valence-electron chi connectivity index (χ1n) is 9.62. The number of hydrogen-bond donors (Lipinski definition) is 0. The van der Waals surface area contributed by atoms with Gasteiger partial charge in [0.1, 0.15) is 5.82 Å². The molecular formula is C24H22ClN3O. The summed E-state index contributed by atoms with van der Waals surface area (Å²) in [4.78, 5) is 19.3. The minimum absolute atomic E-state index is 0.0802. The molecule has 29 heavy (non-hydrogen) atoms. The number of aryl methyl sites for hydroxylation is 1. The Morgan fingerprint density at radius 2 is 1.76 bits per heavy atom. The molecule has 1 amide bonds. The van der Waals surface area contributed by atoms with Crippen molar-refractivity contribution in [3.05, 3.63) is 95.3 Å². The van der Waals surface area contributed by atoms with Crippen LogP contribution in [0.3, 0.4) is 0 Å². The Labute approximate surface area is 175 Å². The van der Waals surface area contributed by atoms with Crippen LogP contribution in [-0.4, -0.2) is 27.4 Å². The van der Waals surface area contributed by atoms with Crippen molar-refractivity contribution in [1.29, 1.82) is 0 Å². The number of imidazole rings is 1. The van der Waals surface area contributed by atoms with Crippen LogP contribution in [0.2, 0.25) is 5.02 Å². The number of halogens is 1. The van der Waals surface area contributed by atoms with Crippen molar-refractivity contribution >= 4 is 28.5 Å². The molecule has 1 aromatic heterocycles. The maximum atomic E-state index is 12.7. The van der Waals surface area contributed by atoms with E-state index in [4.69, 9.17) is 16.6 Å². The van der Waals surface area contributed by atoms with E-state index in [0.717, 1.165) is 28.1 Å². The second kappa shape index (κ2) is 8.50. The number of carbonyl (C=O) groups excluding carboxylic acids is 1. The summed E-state index contributed by atoms with van der Waals surface area (Å²) in [6, 6.07) is 25.8. The minimum atomic E-state index is 0.0802.